The maximum absolute atomic E-state index is 10.4. The maximum atomic E-state index is 10.4. The molecular weight excluding hydrogens is 236 g/mol. The molecule has 0 amide bonds. The predicted molar refractivity (Wildman–Crippen MR) is 75.5 cm³/mol. The van der Waals surface area contributed by atoms with Gasteiger partial charge in [-0.25, -0.2) is 0 Å². The van der Waals surface area contributed by atoms with Gasteiger partial charge in [0.1, 0.15) is 5.75 Å². The third-order valence-corrected chi connectivity index (χ3v) is 3.97. The molecule has 3 rings (SSSR count). The first-order chi connectivity index (χ1) is 9.29. The Balaban J connectivity index is 1.75. The summed E-state index contributed by atoms with van der Waals surface area (Å²) in [4.78, 5) is 0. The number of fused-ring (bicyclic) bond motifs is 1. The normalized spacial score (nSPS) is 18.3. The van der Waals surface area contributed by atoms with Gasteiger partial charge < -0.3 is 9.84 Å². The number of para-hydroxylation sites is 1. The Hall–Kier alpha value is -1.80. The summed E-state index contributed by atoms with van der Waals surface area (Å²) in [5, 5.41) is 10.4. The molecule has 0 radical (unpaired) electrons. The van der Waals surface area contributed by atoms with E-state index in [4.69, 9.17) is 4.74 Å². The molecule has 0 aliphatic heterocycles. The number of aliphatic hydroxyl groups is 1. The maximum Gasteiger partial charge on any atom is 0.124 e. The molecule has 1 N–H and O–H groups in total. The van der Waals surface area contributed by atoms with Gasteiger partial charge in [0.2, 0.25) is 0 Å². The minimum atomic E-state index is -0.463. The highest BCUT2D eigenvalue weighted by molar-refractivity contribution is 5.41. The number of benzene rings is 2. The monoisotopic (exact) mass is 254 g/mol. The van der Waals surface area contributed by atoms with Gasteiger partial charge in [-0.3, -0.25) is 0 Å². The fourth-order valence-electron chi connectivity index (χ4n) is 2.91. The van der Waals surface area contributed by atoms with Crippen molar-refractivity contribution in [3.8, 4) is 5.75 Å². The van der Waals surface area contributed by atoms with Crippen LogP contribution in [0.15, 0.2) is 48.5 Å². The standard InChI is InChI=1S/C17H18O2/c1-19-17-9-5-4-8-15(17)16(18)11-13-10-12-6-2-3-7-14(12)13/h2-9,13,16,18H,10-11H2,1H3. The van der Waals surface area contributed by atoms with Gasteiger partial charge in [0, 0.05) is 5.56 Å². The number of hydrogen-bond donors (Lipinski definition) is 1. The summed E-state index contributed by atoms with van der Waals surface area (Å²) in [7, 11) is 1.64. The lowest BCUT2D eigenvalue weighted by Gasteiger charge is -2.32. The molecule has 2 aromatic rings. The molecule has 0 aromatic heterocycles. The third kappa shape index (κ3) is 2.24. The molecule has 0 spiro atoms. The molecule has 1 aliphatic carbocycles. The highest BCUT2D eigenvalue weighted by Crippen LogP contribution is 2.41. The average Bonchev–Trinajstić information content (AvgIpc) is 2.44. The average molecular weight is 254 g/mol. The summed E-state index contributed by atoms with van der Waals surface area (Å²) < 4.78 is 5.31. The largest absolute Gasteiger partial charge is 0.496 e. The van der Waals surface area contributed by atoms with Gasteiger partial charge in [0.15, 0.2) is 0 Å². The van der Waals surface area contributed by atoms with Crippen LogP contribution in [0.25, 0.3) is 0 Å². The molecule has 98 valence electrons. The van der Waals surface area contributed by atoms with Crippen molar-refractivity contribution in [2.24, 2.45) is 0 Å². The lowest BCUT2D eigenvalue weighted by molar-refractivity contribution is 0.150. The van der Waals surface area contributed by atoms with Crippen LogP contribution in [0.1, 0.15) is 35.1 Å². The van der Waals surface area contributed by atoms with Gasteiger partial charge in [0.25, 0.3) is 0 Å². The zero-order valence-corrected chi connectivity index (χ0v) is 11.0. The Labute approximate surface area is 113 Å². The number of ether oxygens (including phenoxy) is 1. The third-order valence-electron chi connectivity index (χ3n) is 3.97. The summed E-state index contributed by atoms with van der Waals surface area (Å²) >= 11 is 0. The van der Waals surface area contributed by atoms with Crippen LogP contribution >= 0.6 is 0 Å². The van der Waals surface area contributed by atoms with Gasteiger partial charge in [-0.05, 0) is 36.0 Å². The van der Waals surface area contributed by atoms with E-state index in [1.54, 1.807) is 7.11 Å². The Morgan fingerprint density at radius 1 is 1.16 bits per heavy atom. The molecular formula is C17H18O2. The Kier molecular flexibility index (Phi) is 3.26. The second kappa shape index (κ2) is 5.06. The molecule has 0 saturated heterocycles. The van der Waals surface area contributed by atoms with Crippen LogP contribution in [0.2, 0.25) is 0 Å². The fraction of sp³-hybridized carbons (Fsp3) is 0.294. The summed E-state index contributed by atoms with van der Waals surface area (Å²) in [6, 6.07) is 16.2. The van der Waals surface area contributed by atoms with E-state index in [2.05, 4.69) is 24.3 Å². The quantitative estimate of drug-likeness (QED) is 0.905. The van der Waals surface area contributed by atoms with Crippen molar-refractivity contribution in [3.05, 3.63) is 65.2 Å². The molecule has 2 atom stereocenters. The van der Waals surface area contributed by atoms with E-state index < -0.39 is 6.10 Å². The Bertz CT molecular complexity index is 577. The Morgan fingerprint density at radius 3 is 2.68 bits per heavy atom. The van der Waals surface area contributed by atoms with Crippen molar-refractivity contribution < 1.29 is 9.84 Å². The zero-order valence-electron chi connectivity index (χ0n) is 11.0. The highest BCUT2D eigenvalue weighted by Gasteiger charge is 2.28. The van der Waals surface area contributed by atoms with Crippen molar-refractivity contribution in [1.29, 1.82) is 0 Å². The van der Waals surface area contributed by atoms with Gasteiger partial charge in [-0.15, -0.1) is 0 Å². The highest BCUT2D eigenvalue weighted by atomic mass is 16.5. The number of hydrogen-bond acceptors (Lipinski definition) is 2. The molecule has 0 heterocycles. The van der Waals surface area contributed by atoms with Crippen LogP contribution in [-0.2, 0) is 6.42 Å². The van der Waals surface area contributed by atoms with Crippen molar-refractivity contribution >= 4 is 0 Å². The van der Waals surface area contributed by atoms with Gasteiger partial charge >= 0.3 is 0 Å². The van der Waals surface area contributed by atoms with Crippen molar-refractivity contribution in [3.63, 3.8) is 0 Å². The van der Waals surface area contributed by atoms with Crippen LogP contribution in [0.4, 0.5) is 0 Å². The fourth-order valence-corrected chi connectivity index (χ4v) is 2.91. The van der Waals surface area contributed by atoms with Crippen LogP contribution in [-0.4, -0.2) is 12.2 Å². The van der Waals surface area contributed by atoms with E-state index in [-0.39, 0.29) is 0 Å². The molecule has 0 saturated carbocycles. The number of aliphatic hydroxyl groups excluding tert-OH is 1. The minimum Gasteiger partial charge on any atom is -0.496 e. The van der Waals surface area contributed by atoms with Gasteiger partial charge in [-0.1, -0.05) is 42.5 Å². The molecule has 19 heavy (non-hydrogen) atoms. The van der Waals surface area contributed by atoms with E-state index in [0.717, 1.165) is 24.2 Å². The van der Waals surface area contributed by atoms with E-state index >= 15 is 0 Å². The first-order valence-corrected chi connectivity index (χ1v) is 6.68. The Morgan fingerprint density at radius 2 is 1.89 bits per heavy atom. The zero-order chi connectivity index (χ0) is 13.2. The lowest BCUT2D eigenvalue weighted by atomic mass is 9.74. The van der Waals surface area contributed by atoms with Crippen LogP contribution in [0, 0.1) is 0 Å². The molecule has 1 aliphatic rings. The molecule has 2 aromatic carbocycles. The molecule has 2 unspecified atom stereocenters. The predicted octanol–water partition coefficient (Wildman–Crippen LogP) is 3.46. The van der Waals surface area contributed by atoms with Crippen LogP contribution in [0.5, 0.6) is 5.75 Å². The number of rotatable bonds is 4. The summed E-state index contributed by atoms with van der Waals surface area (Å²) in [6.07, 6.45) is 1.37. The SMILES string of the molecule is COc1ccccc1C(O)CC1Cc2ccccc21. The summed E-state index contributed by atoms with van der Waals surface area (Å²) in [6.45, 7) is 0. The molecule has 0 fully saturated rings. The first kappa shape index (κ1) is 12.2. The lowest BCUT2D eigenvalue weighted by Crippen LogP contribution is -2.19. The van der Waals surface area contributed by atoms with Crippen LogP contribution in [0.3, 0.4) is 0 Å². The van der Waals surface area contributed by atoms with Gasteiger partial charge in [0.05, 0.1) is 13.2 Å². The molecule has 0 bridgehead atoms. The smallest absolute Gasteiger partial charge is 0.124 e. The van der Waals surface area contributed by atoms with Crippen molar-refractivity contribution in [2.75, 3.05) is 7.11 Å². The second-order valence-electron chi connectivity index (χ2n) is 5.09. The topological polar surface area (TPSA) is 29.5 Å². The second-order valence-corrected chi connectivity index (χ2v) is 5.09. The van der Waals surface area contributed by atoms with E-state index in [1.165, 1.54) is 11.1 Å². The molecule has 2 nitrogen and oxygen atoms in total. The van der Waals surface area contributed by atoms with Crippen molar-refractivity contribution in [2.45, 2.75) is 24.9 Å². The van der Waals surface area contributed by atoms with E-state index in [0.29, 0.717) is 5.92 Å². The van der Waals surface area contributed by atoms with E-state index in [1.807, 2.05) is 24.3 Å². The minimum absolute atomic E-state index is 0.463. The van der Waals surface area contributed by atoms with E-state index in [9.17, 15) is 5.11 Å². The summed E-state index contributed by atoms with van der Waals surface area (Å²) in [5.74, 6) is 1.23. The van der Waals surface area contributed by atoms with Crippen molar-refractivity contribution in [1.82, 2.24) is 0 Å². The molecule has 2 heteroatoms. The number of methoxy groups -OCH3 is 1. The van der Waals surface area contributed by atoms with Crippen LogP contribution < -0.4 is 4.74 Å². The first-order valence-electron chi connectivity index (χ1n) is 6.68. The van der Waals surface area contributed by atoms with Gasteiger partial charge in [-0.2, -0.15) is 0 Å². The summed E-state index contributed by atoms with van der Waals surface area (Å²) in [5.41, 5.74) is 3.69.